The normalized spacial score (nSPS) is 30.3. The van der Waals surface area contributed by atoms with Crippen molar-refractivity contribution in [3.8, 4) is 0 Å². The number of hydrogen-bond donors (Lipinski definition) is 1. The number of rotatable bonds is 2. The van der Waals surface area contributed by atoms with E-state index in [1.165, 1.54) is 36.1 Å². The van der Waals surface area contributed by atoms with Crippen LogP contribution in [0.3, 0.4) is 0 Å². The van der Waals surface area contributed by atoms with Gasteiger partial charge < -0.3 is 15.0 Å². The van der Waals surface area contributed by atoms with Crippen molar-refractivity contribution in [2.45, 2.75) is 69.9 Å². The molecule has 1 unspecified atom stereocenters. The van der Waals surface area contributed by atoms with E-state index in [1.807, 2.05) is 0 Å². The maximum atomic E-state index is 14.1. The second-order valence-corrected chi connectivity index (χ2v) is 8.44. The van der Waals surface area contributed by atoms with Gasteiger partial charge in [0.05, 0.1) is 18.0 Å². The molecular weight excluding hydrogens is 362 g/mol. The Morgan fingerprint density at radius 2 is 2.11 bits per heavy atom. The number of hydrogen-bond acceptors (Lipinski definition) is 4. The molecule has 5 nitrogen and oxygen atoms in total. The standard InChI is InChI=1S/C21H26F2N4O/c1-12-3-2-6-27-19-10-26(9-18(19)25-21(12)27)14-8-17(24)20(28-11-14)15-7-13(22)4-5-16(15)23/h4-5,7,12,14,17,20H,2-3,6,8-11,24H2,1H3/t12?,14-,17+,20-/m1/s1. The van der Waals surface area contributed by atoms with Gasteiger partial charge in [-0.1, -0.05) is 6.92 Å². The minimum absolute atomic E-state index is 0.161. The van der Waals surface area contributed by atoms with E-state index in [1.54, 1.807) is 0 Å². The Balaban J connectivity index is 1.29. The summed E-state index contributed by atoms with van der Waals surface area (Å²) in [7, 11) is 0. The van der Waals surface area contributed by atoms with E-state index in [0.29, 0.717) is 18.9 Å². The molecule has 0 bridgehead atoms. The topological polar surface area (TPSA) is 56.3 Å². The molecule has 5 rings (SSSR count). The molecule has 0 saturated carbocycles. The fourth-order valence-electron chi connectivity index (χ4n) is 5.02. The van der Waals surface area contributed by atoms with Crippen LogP contribution in [0, 0.1) is 11.6 Å². The van der Waals surface area contributed by atoms with Gasteiger partial charge in [-0.25, -0.2) is 13.8 Å². The lowest BCUT2D eigenvalue weighted by Gasteiger charge is -2.38. The van der Waals surface area contributed by atoms with Gasteiger partial charge in [-0.15, -0.1) is 0 Å². The van der Waals surface area contributed by atoms with Crippen molar-refractivity contribution in [3.05, 3.63) is 52.6 Å². The maximum absolute atomic E-state index is 14.1. The van der Waals surface area contributed by atoms with Crippen LogP contribution in [0.4, 0.5) is 8.78 Å². The van der Waals surface area contributed by atoms with Crippen LogP contribution in [0.2, 0.25) is 0 Å². The van der Waals surface area contributed by atoms with Crippen LogP contribution in [0.25, 0.3) is 0 Å². The summed E-state index contributed by atoms with van der Waals surface area (Å²) in [4.78, 5) is 7.28. The fraction of sp³-hybridized carbons (Fsp3) is 0.571. The largest absolute Gasteiger partial charge is 0.370 e. The van der Waals surface area contributed by atoms with E-state index in [9.17, 15) is 8.78 Å². The van der Waals surface area contributed by atoms with Crippen LogP contribution in [-0.4, -0.2) is 33.1 Å². The monoisotopic (exact) mass is 388 g/mol. The van der Waals surface area contributed by atoms with Crippen molar-refractivity contribution in [2.75, 3.05) is 6.61 Å². The molecule has 4 heterocycles. The minimum Gasteiger partial charge on any atom is -0.370 e. The van der Waals surface area contributed by atoms with Gasteiger partial charge in [0.2, 0.25) is 0 Å². The van der Waals surface area contributed by atoms with E-state index in [4.69, 9.17) is 15.5 Å². The number of nitrogens with two attached hydrogens (primary N) is 1. The molecule has 150 valence electrons. The Morgan fingerprint density at radius 1 is 1.25 bits per heavy atom. The molecule has 1 aromatic heterocycles. The van der Waals surface area contributed by atoms with Crippen molar-refractivity contribution in [1.29, 1.82) is 0 Å². The highest BCUT2D eigenvalue weighted by Gasteiger charge is 2.38. The van der Waals surface area contributed by atoms with Crippen LogP contribution in [0.1, 0.15) is 61.0 Å². The molecule has 3 aliphatic rings. The van der Waals surface area contributed by atoms with Crippen LogP contribution in [-0.2, 0) is 24.4 Å². The van der Waals surface area contributed by atoms with Gasteiger partial charge in [0.15, 0.2) is 0 Å². The molecule has 1 saturated heterocycles. The van der Waals surface area contributed by atoms with Gasteiger partial charge in [-0.05, 0) is 37.5 Å². The van der Waals surface area contributed by atoms with E-state index < -0.39 is 17.7 Å². The van der Waals surface area contributed by atoms with Crippen molar-refractivity contribution < 1.29 is 13.5 Å². The van der Waals surface area contributed by atoms with Crippen molar-refractivity contribution in [2.24, 2.45) is 5.73 Å². The minimum atomic E-state index is -0.609. The second-order valence-electron chi connectivity index (χ2n) is 8.44. The zero-order valence-electron chi connectivity index (χ0n) is 16.1. The quantitative estimate of drug-likeness (QED) is 0.858. The van der Waals surface area contributed by atoms with E-state index in [2.05, 4.69) is 16.4 Å². The highest BCUT2D eigenvalue weighted by molar-refractivity contribution is 5.26. The summed E-state index contributed by atoms with van der Waals surface area (Å²) in [6.45, 7) is 5.43. The average molecular weight is 388 g/mol. The summed E-state index contributed by atoms with van der Waals surface area (Å²) in [5.74, 6) is 0.817. The summed E-state index contributed by atoms with van der Waals surface area (Å²) in [5, 5.41) is 0. The molecule has 0 radical (unpaired) electrons. The van der Waals surface area contributed by atoms with Gasteiger partial charge >= 0.3 is 0 Å². The lowest BCUT2D eigenvalue weighted by Crippen LogP contribution is -2.48. The van der Waals surface area contributed by atoms with Crippen molar-refractivity contribution in [1.82, 2.24) is 14.5 Å². The van der Waals surface area contributed by atoms with Gasteiger partial charge in [0.1, 0.15) is 23.6 Å². The van der Waals surface area contributed by atoms with E-state index >= 15 is 0 Å². The smallest absolute Gasteiger partial charge is 0.129 e. The maximum Gasteiger partial charge on any atom is 0.129 e. The molecule has 28 heavy (non-hydrogen) atoms. The molecule has 4 atom stereocenters. The second kappa shape index (κ2) is 6.90. The predicted octanol–water partition coefficient (Wildman–Crippen LogP) is 3.23. The van der Waals surface area contributed by atoms with Crippen LogP contribution < -0.4 is 5.73 Å². The molecule has 1 aromatic carbocycles. The van der Waals surface area contributed by atoms with Crippen LogP contribution in [0.15, 0.2) is 18.2 Å². The summed E-state index contributed by atoms with van der Waals surface area (Å²) >= 11 is 0. The van der Waals surface area contributed by atoms with Crippen molar-refractivity contribution in [3.63, 3.8) is 0 Å². The SMILES string of the molecule is CC1CCCn2c1nc1c2CN([C@H]2CO[C@H](c3cc(F)ccc3F)[C@@H](N)C2)C1. The third kappa shape index (κ3) is 2.96. The summed E-state index contributed by atoms with van der Waals surface area (Å²) in [6.07, 6.45) is 2.49. The third-order valence-electron chi connectivity index (χ3n) is 6.53. The zero-order valence-corrected chi connectivity index (χ0v) is 16.1. The first kappa shape index (κ1) is 18.2. The molecular formula is C21H26F2N4O. The Morgan fingerprint density at radius 3 is 2.93 bits per heavy atom. The first-order chi connectivity index (χ1) is 13.5. The number of ether oxygens (including phenoxy) is 1. The number of benzene rings is 1. The Bertz CT molecular complexity index is 899. The van der Waals surface area contributed by atoms with Crippen LogP contribution >= 0.6 is 0 Å². The van der Waals surface area contributed by atoms with Crippen molar-refractivity contribution >= 4 is 0 Å². The molecule has 2 aromatic rings. The zero-order chi connectivity index (χ0) is 19.4. The highest BCUT2D eigenvalue weighted by atomic mass is 19.1. The Labute approximate surface area is 163 Å². The number of fused-ring (bicyclic) bond motifs is 3. The molecule has 2 N–H and O–H groups in total. The van der Waals surface area contributed by atoms with Gasteiger partial charge in [-0.2, -0.15) is 0 Å². The average Bonchev–Trinajstić information content (AvgIpc) is 3.23. The predicted molar refractivity (Wildman–Crippen MR) is 101 cm³/mol. The summed E-state index contributed by atoms with van der Waals surface area (Å²) < 4.78 is 36.0. The van der Waals surface area contributed by atoms with Crippen LogP contribution in [0.5, 0.6) is 0 Å². The molecule has 0 amide bonds. The lowest BCUT2D eigenvalue weighted by molar-refractivity contribution is -0.0535. The van der Waals surface area contributed by atoms with Gasteiger partial charge in [0.25, 0.3) is 0 Å². The fourth-order valence-corrected chi connectivity index (χ4v) is 5.02. The molecule has 1 fully saturated rings. The molecule has 7 heteroatoms. The third-order valence-corrected chi connectivity index (χ3v) is 6.53. The van der Waals surface area contributed by atoms with Gasteiger partial charge in [0, 0.05) is 43.2 Å². The Kier molecular flexibility index (Phi) is 4.49. The van der Waals surface area contributed by atoms with Gasteiger partial charge in [-0.3, -0.25) is 4.90 Å². The molecule has 3 aliphatic heterocycles. The molecule has 0 spiro atoms. The lowest BCUT2D eigenvalue weighted by atomic mass is 9.93. The number of nitrogens with zero attached hydrogens (tertiary/aromatic N) is 3. The summed E-state index contributed by atoms with van der Waals surface area (Å²) in [5.41, 5.74) is 9.05. The number of imidazole rings is 1. The summed E-state index contributed by atoms with van der Waals surface area (Å²) in [6, 6.07) is 3.23. The number of aromatic nitrogens is 2. The number of halogens is 2. The molecule has 0 aliphatic carbocycles. The Hall–Kier alpha value is -1.83. The van der Waals surface area contributed by atoms with E-state index in [0.717, 1.165) is 31.8 Å². The highest BCUT2D eigenvalue weighted by Crippen LogP contribution is 2.36. The first-order valence-corrected chi connectivity index (χ1v) is 10.2. The van der Waals surface area contributed by atoms with E-state index in [-0.39, 0.29) is 17.6 Å². The first-order valence-electron chi connectivity index (χ1n) is 10.2.